The highest BCUT2D eigenvalue weighted by molar-refractivity contribution is 6.24. The van der Waals surface area contributed by atoms with Crippen molar-refractivity contribution >= 4 is 17.2 Å². The van der Waals surface area contributed by atoms with Gasteiger partial charge in [-0.2, -0.15) is 0 Å². The summed E-state index contributed by atoms with van der Waals surface area (Å²) in [7, 11) is 0. The number of halogens is 1. The van der Waals surface area contributed by atoms with E-state index in [-0.39, 0.29) is 0 Å². The van der Waals surface area contributed by atoms with Crippen molar-refractivity contribution < 1.29 is 5.11 Å². The maximum absolute atomic E-state index is 9.65. The number of hydrogen-bond acceptors (Lipinski definition) is 1. The summed E-state index contributed by atoms with van der Waals surface area (Å²) in [6.07, 6.45) is 4.01. The van der Waals surface area contributed by atoms with Crippen LogP contribution in [-0.2, 0) is 0 Å². The van der Waals surface area contributed by atoms with Crippen molar-refractivity contribution in [3.05, 3.63) is 53.6 Å². The van der Waals surface area contributed by atoms with Crippen molar-refractivity contribution in [2.45, 2.75) is 18.4 Å². The number of alkyl halides is 1. The Bertz CT molecular complexity index is 415. The average Bonchev–Trinajstić information content (AvgIpc) is 2.17. The van der Waals surface area contributed by atoms with Crippen molar-refractivity contribution in [3.8, 4) is 0 Å². The van der Waals surface area contributed by atoms with Gasteiger partial charge in [0.25, 0.3) is 0 Å². The van der Waals surface area contributed by atoms with Gasteiger partial charge in [0.1, 0.15) is 0 Å². The molecule has 1 N–H and O–H groups in total. The third-order valence-corrected chi connectivity index (χ3v) is 2.82. The summed E-state index contributed by atoms with van der Waals surface area (Å²) in [6, 6.07) is 10.1. The van der Waals surface area contributed by atoms with Crippen molar-refractivity contribution in [2.75, 3.05) is 0 Å². The van der Waals surface area contributed by atoms with Crippen LogP contribution in [0.25, 0.3) is 5.57 Å². The van der Waals surface area contributed by atoms with Crippen LogP contribution in [0.5, 0.6) is 0 Å². The van der Waals surface area contributed by atoms with E-state index >= 15 is 0 Å². The Morgan fingerprint density at radius 1 is 1.27 bits per heavy atom. The first kappa shape index (κ1) is 10.5. The minimum atomic E-state index is -1.21. The van der Waals surface area contributed by atoms with Gasteiger partial charge in [0.2, 0.25) is 0 Å². The monoisotopic (exact) mass is 220 g/mol. The van der Waals surface area contributed by atoms with Crippen molar-refractivity contribution in [1.82, 2.24) is 0 Å². The van der Waals surface area contributed by atoms with Gasteiger partial charge in [0, 0.05) is 6.42 Å². The molecule has 15 heavy (non-hydrogen) atoms. The highest BCUT2D eigenvalue weighted by Crippen LogP contribution is 2.34. The Hall–Kier alpha value is -1.05. The molecule has 0 radical (unpaired) electrons. The molecule has 2 rings (SSSR count). The smallest absolute Gasteiger partial charge is 0.161 e. The molecular weight excluding hydrogens is 208 g/mol. The van der Waals surface area contributed by atoms with Gasteiger partial charge in [0.15, 0.2) is 5.06 Å². The molecule has 2 heteroatoms. The van der Waals surface area contributed by atoms with E-state index in [4.69, 9.17) is 11.6 Å². The van der Waals surface area contributed by atoms with Crippen molar-refractivity contribution in [3.63, 3.8) is 0 Å². The predicted octanol–water partition coefficient (Wildman–Crippen LogP) is 3.35. The predicted molar refractivity (Wildman–Crippen MR) is 63.6 cm³/mol. The van der Waals surface area contributed by atoms with Crippen LogP contribution in [0.3, 0.4) is 0 Å². The molecule has 0 fully saturated rings. The molecule has 0 aliphatic heterocycles. The Morgan fingerprint density at radius 2 is 1.93 bits per heavy atom. The molecule has 78 valence electrons. The van der Waals surface area contributed by atoms with Gasteiger partial charge in [0.05, 0.1) is 0 Å². The molecule has 0 bridgehead atoms. The van der Waals surface area contributed by atoms with Crippen LogP contribution in [0, 0.1) is 0 Å². The average molecular weight is 221 g/mol. The molecule has 0 amide bonds. The number of hydrogen-bond donors (Lipinski definition) is 1. The lowest BCUT2D eigenvalue weighted by Crippen LogP contribution is -2.20. The van der Waals surface area contributed by atoms with Crippen molar-refractivity contribution in [1.29, 1.82) is 0 Å². The third kappa shape index (κ3) is 2.31. The number of aliphatic hydroxyl groups is 1. The second-order valence-corrected chi connectivity index (χ2v) is 4.54. The summed E-state index contributed by atoms with van der Waals surface area (Å²) in [6.45, 7) is 2.00. The lowest BCUT2D eigenvalue weighted by Gasteiger charge is -2.23. The summed E-state index contributed by atoms with van der Waals surface area (Å²) in [5.41, 5.74) is 3.43. The molecular formula is C13H13ClO. The van der Waals surface area contributed by atoms with E-state index in [2.05, 4.69) is 12.1 Å². The lowest BCUT2D eigenvalue weighted by molar-refractivity contribution is 0.179. The van der Waals surface area contributed by atoms with Crippen LogP contribution in [0.4, 0.5) is 0 Å². The zero-order valence-corrected chi connectivity index (χ0v) is 9.33. The molecule has 0 heterocycles. The van der Waals surface area contributed by atoms with E-state index in [1.165, 1.54) is 5.56 Å². The van der Waals surface area contributed by atoms with E-state index in [1.54, 1.807) is 6.08 Å². The van der Waals surface area contributed by atoms with Crippen LogP contribution in [0.15, 0.2) is 48.1 Å². The van der Waals surface area contributed by atoms with Gasteiger partial charge in [-0.25, -0.2) is 0 Å². The van der Waals surface area contributed by atoms with Crippen LogP contribution >= 0.6 is 11.6 Å². The fraction of sp³-hybridized carbons (Fsp3) is 0.231. The summed E-state index contributed by atoms with van der Waals surface area (Å²) in [4.78, 5) is 0. The molecule has 0 saturated carbocycles. The Balaban J connectivity index is 2.37. The van der Waals surface area contributed by atoms with E-state index in [9.17, 15) is 5.11 Å². The minimum absolute atomic E-state index is 0.481. The molecule has 1 aliphatic carbocycles. The van der Waals surface area contributed by atoms with E-state index < -0.39 is 5.06 Å². The SMILES string of the molecule is CC1=C(c2ccccc2)C=CC(O)(Cl)C1. The first-order chi connectivity index (χ1) is 7.08. The second-order valence-electron chi connectivity index (χ2n) is 3.89. The van der Waals surface area contributed by atoms with E-state index in [1.807, 2.05) is 31.2 Å². The maximum atomic E-state index is 9.65. The maximum Gasteiger partial charge on any atom is 0.161 e. The Labute approximate surface area is 94.7 Å². The normalized spacial score (nSPS) is 25.8. The molecule has 1 aliphatic rings. The van der Waals surface area contributed by atoms with Gasteiger partial charge < -0.3 is 5.11 Å². The minimum Gasteiger partial charge on any atom is -0.371 e. The topological polar surface area (TPSA) is 20.2 Å². The number of benzene rings is 1. The molecule has 1 aromatic carbocycles. The van der Waals surface area contributed by atoms with Gasteiger partial charge >= 0.3 is 0 Å². The molecule has 1 atom stereocenters. The van der Waals surface area contributed by atoms with Crippen LogP contribution in [0.2, 0.25) is 0 Å². The molecule has 0 aromatic heterocycles. The Morgan fingerprint density at radius 3 is 2.53 bits per heavy atom. The molecule has 1 aromatic rings. The largest absolute Gasteiger partial charge is 0.371 e. The highest BCUT2D eigenvalue weighted by atomic mass is 35.5. The summed E-state index contributed by atoms with van der Waals surface area (Å²) in [5, 5.41) is 8.45. The lowest BCUT2D eigenvalue weighted by atomic mass is 9.92. The van der Waals surface area contributed by atoms with E-state index in [0.29, 0.717) is 6.42 Å². The fourth-order valence-corrected chi connectivity index (χ4v) is 2.10. The second kappa shape index (κ2) is 3.84. The summed E-state index contributed by atoms with van der Waals surface area (Å²) >= 11 is 5.85. The van der Waals surface area contributed by atoms with Gasteiger partial charge in [-0.1, -0.05) is 53.6 Å². The zero-order chi connectivity index (χ0) is 10.9. The summed E-state index contributed by atoms with van der Waals surface area (Å²) in [5.74, 6) is 0. The highest BCUT2D eigenvalue weighted by Gasteiger charge is 2.24. The molecule has 0 saturated heterocycles. The molecule has 0 spiro atoms. The van der Waals surface area contributed by atoms with Gasteiger partial charge in [-0.3, -0.25) is 0 Å². The van der Waals surface area contributed by atoms with Crippen molar-refractivity contribution in [2.24, 2.45) is 0 Å². The quantitative estimate of drug-likeness (QED) is 0.720. The van der Waals surface area contributed by atoms with E-state index in [0.717, 1.165) is 11.1 Å². The fourth-order valence-electron chi connectivity index (χ4n) is 1.84. The van der Waals surface area contributed by atoms with Crippen LogP contribution in [-0.4, -0.2) is 10.2 Å². The first-order valence-corrected chi connectivity index (χ1v) is 5.32. The third-order valence-electron chi connectivity index (χ3n) is 2.56. The van der Waals surface area contributed by atoms with Gasteiger partial charge in [-0.05, 0) is 24.1 Å². The number of allylic oxidation sites excluding steroid dienone is 2. The zero-order valence-electron chi connectivity index (χ0n) is 8.57. The standard InChI is InChI=1S/C13H13ClO/c1-10-9-13(14,15)8-7-12(10)11-5-3-2-4-6-11/h2-8,15H,9H2,1H3. The number of rotatable bonds is 1. The van der Waals surface area contributed by atoms with Gasteiger partial charge in [-0.15, -0.1) is 0 Å². The summed E-state index contributed by atoms with van der Waals surface area (Å²) < 4.78 is 0. The molecule has 1 unspecified atom stereocenters. The Kier molecular flexibility index (Phi) is 2.68. The first-order valence-electron chi connectivity index (χ1n) is 4.94. The molecule has 1 nitrogen and oxygen atoms in total. The van der Waals surface area contributed by atoms with Crippen LogP contribution < -0.4 is 0 Å². The van der Waals surface area contributed by atoms with Crippen LogP contribution in [0.1, 0.15) is 18.9 Å².